The third-order valence-electron chi connectivity index (χ3n) is 9.12. The van der Waals surface area contributed by atoms with Crippen molar-refractivity contribution < 1.29 is 38.9 Å². The Hall–Kier alpha value is -4.17. The van der Waals surface area contributed by atoms with Gasteiger partial charge in [0.25, 0.3) is 0 Å². The summed E-state index contributed by atoms with van der Waals surface area (Å²) in [5.41, 5.74) is -0.337. The van der Waals surface area contributed by atoms with Gasteiger partial charge in [0.05, 0.1) is 32.4 Å². The van der Waals surface area contributed by atoms with Gasteiger partial charge < -0.3 is 36.2 Å². The van der Waals surface area contributed by atoms with Crippen LogP contribution in [-0.2, 0) is 41.6 Å². The molecule has 5 atom stereocenters. The zero-order valence-corrected chi connectivity index (χ0v) is 31.8. The van der Waals surface area contributed by atoms with Crippen LogP contribution < -0.4 is 21.3 Å². The predicted octanol–water partition coefficient (Wildman–Crippen LogP) is 1.54. The number of carbonyl (C=O) groups excluding carboxylic acids is 5. The van der Waals surface area contributed by atoms with Gasteiger partial charge in [0.15, 0.2) is 5.78 Å². The lowest BCUT2D eigenvalue weighted by Gasteiger charge is -2.30. The normalized spacial score (nSPS) is 16.8. The predicted molar refractivity (Wildman–Crippen MR) is 202 cm³/mol. The molecule has 292 valence electrons. The molecular weight excluding hydrogens is 678 g/mol. The molecule has 3 rings (SSSR count). The minimum Gasteiger partial charge on any atom is -0.393 e. The van der Waals surface area contributed by atoms with Crippen molar-refractivity contribution in [2.24, 2.45) is 11.8 Å². The summed E-state index contributed by atoms with van der Waals surface area (Å²) >= 11 is 0. The van der Waals surface area contributed by atoms with Crippen LogP contribution in [0.2, 0.25) is 0 Å². The van der Waals surface area contributed by atoms with Gasteiger partial charge in [0, 0.05) is 19.5 Å². The molecule has 2 aromatic carbocycles. The standard InChI is InChI=1S/C40H59N5O8/c1-27(2)22-32(36(48)40(5,52)26-46)42-39(51)34(24-30-14-10-7-11-15-30)44-38(50)33(23-28(3)4)43-37(49)31(17-16-29-12-8-6-9-13-29)41-35(47)25-45-18-20-53-21-19-45/h6-15,27-28,31-34,46,52H,16-26H2,1-5H3,(H,41,47)(H,42,51)(H,43,49)(H,44,50)/t31-,32+,33-,34+,40-/m0/s1. The van der Waals surface area contributed by atoms with Gasteiger partial charge in [-0.3, -0.25) is 28.9 Å². The number of hydrogen-bond acceptors (Lipinski definition) is 9. The van der Waals surface area contributed by atoms with Crippen molar-refractivity contribution >= 4 is 29.4 Å². The molecule has 0 bridgehead atoms. The first kappa shape index (κ1) is 43.2. The SMILES string of the molecule is CC(C)C[C@H](NC(=O)[C@H](CCc1ccccc1)NC(=O)CN1CCOCC1)C(=O)N[C@H](Cc1ccccc1)C(=O)N[C@H](CC(C)C)C(=O)[C@@](C)(O)CO. The number of nitrogens with one attached hydrogen (secondary N) is 4. The van der Waals surface area contributed by atoms with E-state index in [2.05, 4.69) is 21.3 Å². The number of ether oxygens (including phenoxy) is 1. The lowest BCUT2D eigenvalue weighted by Crippen LogP contribution is -2.60. The minimum absolute atomic E-state index is 0.0279. The van der Waals surface area contributed by atoms with Crippen LogP contribution in [0.1, 0.15) is 65.0 Å². The van der Waals surface area contributed by atoms with E-state index in [0.717, 1.165) is 11.1 Å². The third kappa shape index (κ3) is 15.0. The van der Waals surface area contributed by atoms with E-state index < -0.39 is 59.9 Å². The van der Waals surface area contributed by atoms with Crippen LogP contribution in [-0.4, -0.2) is 114 Å². The number of hydrogen-bond donors (Lipinski definition) is 6. The summed E-state index contributed by atoms with van der Waals surface area (Å²) < 4.78 is 5.39. The summed E-state index contributed by atoms with van der Waals surface area (Å²) in [7, 11) is 0. The lowest BCUT2D eigenvalue weighted by molar-refractivity contribution is -0.144. The van der Waals surface area contributed by atoms with Gasteiger partial charge in [0.1, 0.15) is 23.7 Å². The average Bonchev–Trinajstić information content (AvgIpc) is 3.12. The van der Waals surface area contributed by atoms with Crippen LogP contribution in [0.3, 0.4) is 0 Å². The second-order valence-corrected chi connectivity index (χ2v) is 15.0. The van der Waals surface area contributed by atoms with Crippen LogP contribution >= 0.6 is 0 Å². The molecule has 0 aliphatic carbocycles. The Balaban J connectivity index is 1.84. The molecule has 4 amide bonds. The maximum Gasteiger partial charge on any atom is 0.243 e. The van der Waals surface area contributed by atoms with Gasteiger partial charge >= 0.3 is 0 Å². The molecule has 1 aliphatic heterocycles. The zero-order valence-electron chi connectivity index (χ0n) is 31.8. The number of carbonyl (C=O) groups is 5. The quantitative estimate of drug-likeness (QED) is 0.111. The summed E-state index contributed by atoms with van der Waals surface area (Å²) in [6, 6.07) is 14.4. The molecule has 0 aromatic heterocycles. The van der Waals surface area contributed by atoms with Crippen molar-refractivity contribution in [3.63, 3.8) is 0 Å². The van der Waals surface area contributed by atoms with E-state index in [9.17, 15) is 34.2 Å². The highest BCUT2D eigenvalue weighted by Crippen LogP contribution is 2.16. The Morgan fingerprint density at radius 3 is 1.77 bits per heavy atom. The van der Waals surface area contributed by atoms with Crippen molar-refractivity contribution in [3.05, 3.63) is 71.8 Å². The van der Waals surface area contributed by atoms with Gasteiger partial charge in [0.2, 0.25) is 23.6 Å². The van der Waals surface area contributed by atoms with Crippen molar-refractivity contribution in [1.82, 2.24) is 26.2 Å². The van der Waals surface area contributed by atoms with E-state index in [0.29, 0.717) is 39.1 Å². The van der Waals surface area contributed by atoms with E-state index in [1.165, 1.54) is 6.92 Å². The molecule has 1 fully saturated rings. The molecule has 53 heavy (non-hydrogen) atoms. The Labute approximate surface area is 313 Å². The summed E-state index contributed by atoms with van der Waals surface area (Å²) in [5, 5.41) is 31.5. The van der Waals surface area contributed by atoms with Gasteiger partial charge in [-0.2, -0.15) is 0 Å². The van der Waals surface area contributed by atoms with Crippen LogP contribution in [0.4, 0.5) is 0 Å². The van der Waals surface area contributed by atoms with Crippen LogP contribution in [0.5, 0.6) is 0 Å². The fraction of sp³-hybridized carbons (Fsp3) is 0.575. The molecule has 2 aromatic rings. The molecule has 0 unspecified atom stereocenters. The molecule has 0 radical (unpaired) electrons. The summed E-state index contributed by atoms with van der Waals surface area (Å²) in [6.45, 7) is 10.3. The summed E-state index contributed by atoms with van der Waals surface area (Å²) in [6.07, 6.45) is 1.33. The molecule has 6 N–H and O–H groups in total. The van der Waals surface area contributed by atoms with Crippen LogP contribution in [0.25, 0.3) is 0 Å². The highest BCUT2D eigenvalue weighted by atomic mass is 16.5. The molecule has 1 saturated heterocycles. The minimum atomic E-state index is -2.08. The van der Waals surface area contributed by atoms with Crippen molar-refractivity contribution in [3.8, 4) is 0 Å². The number of aryl methyl sites for hydroxylation is 1. The number of ketones is 1. The second-order valence-electron chi connectivity index (χ2n) is 15.0. The van der Waals surface area contributed by atoms with Crippen molar-refractivity contribution in [2.45, 2.75) is 96.5 Å². The Morgan fingerprint density at radius 2 is 1.21 bits per heavy atom. The number of Topliss-reactive ketones (excluding diaryl/α,β-unsaturated/α-hetero) is 1. The maximum absolute atomic E-state index is 14.1. The number of morpholine rings is 1. The molecule has 0 saturated carbocycles. The van der Waals surface area contributed by atoms with E-state index in [-0.39, 0.29) is 43.6 Å². The number of nitrogens with zero attached hydrogens (tertiary/aromatic N) is 1. The Morgan fingerprint density at radius 1 is 0.717 bits per heavy atom. The van der Waals surface area contributed by atoms with E-state index in [1.54, 1.807) is 12.1 Å². The van der Waals surface area contributed by atoms with E-state index in [4.69, 9.17) is 4.74 Å². The summed E-state index contributed by atoms with van der Waals surface area (Å²) in [4.78, 5) is 70.2. The number of amides is 4. The molecule has 0 spiro atoms. The molecule has 13 heteroatoms. The van der Waals surface area contributed by atoms with E-state index in [1.807, 2.05) is 81.1 Å². The first-order valence-corrected chi connectivity index (χ1v) is 18.6. The van der Waals surface area contributed by atoms with Crippen LogP contribution in [0, 0.1) is 11.8 Å². The number of aliphatic hydroxyl groups excluding tert-OH is 1. The van der Waals surface area contributed by atoms with Crippen molar-refractivity contribution in [2.75, 3.05) is 39.5 Å². The Bertz CT molecular complexity index is 1460. The third-order valence-corrected chi connectivity index (χ3v) is 9.12. The fourth-order valence-electron chi connectivity index (χ4n) is 6.16. The molecule has 1 heterocycles. The van der Waals surface area contributed by atoms with Crippen molar-refractivity contribution in [1.29, 1.82) is 0 Å². The first-order chi connectivity index (χ1) is 25.2. The highest BCUT2D eigenvalue weighted by Gasteiger charge is 2.38. The van der Waals surface area contributed by atoms with Gasteiger partial charge in [-0.15, -0.1) is 0 Å². The monoisotopic (exact) mass is 737 g/mol. The molecule has 1 aliphatic rings. The lowest BCUT2D eigenvalue weighted by atomic mass is 9.90. The highest BCUT2D eigenvalue weighted by molar-refractivity contribution is 5.97. The first-order valence-electron chi connectivity index (χ1n) is 18.6. The number of rotatable bonds is 21. The zero-order chi connectivity index (χ0) is 39.0. The topological polar surface area (TPSA) is 186 Å². The van der Waals surface area contributed by atoms with Gasteiger partial charge in [-0.1, -0.05) is 88.4 Å². The molecule has 13 nitrogen and oxygen atoms in total. The van der Waals surface area contributed by atoms with E-state index >= 15 is 0 Å². The van der Waals surface area contributed by atoms with Gasteiger partial charge in [-0.05, 0) is 55.6 Å². The largest absolute Gasteiger partial charge is 0.393 e. The average molecular weight is 738 g/mol. The van der Waals surface area contributed by atoms with Gasteiger partial charge in [-0.25, -0.2) is 0 Å². The Kier molecular flexibility index (Phi) is 17.5. The fourth-order valence-corrected chi connectivity index (χ4v) is 6.16. The molecular formula is C40H59N5O8. The number of aliphatic hydroxyl groups is 2. The maximum atomic E-state index is 14.1. The number of benzene rings is 2. The van der Waals surface area contributed by atoms with Crippen LogP contribution in [0.15, 0.2) is 60.7 Å². The summed E-state index contributed by atoms with van der Waals surface area (Å²) in [5.74, 6) is -2.89. The smallest absolute Gasteiger partial charge is 0.243 e. The second kappa shape index (κ2) is 21.5.